The van der Waals surface area contributed by atoms with Crippen LogP contribution in [0.4, 0.5) is 0 Å². The van der Waals surface area contributed by atoms with E-state index >= 15 is 0 Å². The smallest absolute Gasteiger partial charge is 0.222 e. The van der Waals surface area contributed by atoms with E-state index in [1.54, 1.807) is 0 Å². The molecule has 0 fully saturated rings. The molecule has 40 valence electrons. The van der Waals surface area contributed by atoms with Crippen molar-refractivity contribution in [2.45, 2.75) is 6.92 Å². The predicted octanol–water partition coefficient (Wildman–Crippen LogP) is -0.448. The van der Waals surface area contributed by atoms with E-state index < -0.39 is 0 Å². The second kappa shape index (κ2) is 2.23. The summed E-state index contributed by atoms with van der Waals surface area (Å²) >= 11 is 0. The monoisotopic (exact) mass is 100 g/mol. The standard InChI is InChI=1S/C4H8N2O/c1-3(5)6-4(2)7/h1,5H2,2H3,(H,6,7). The van der Waals surface area contributed by atoms with E-state index in [0.717, 1.165) is 0 Å². The largest absolute Gasteiger partial charge is 0.386 e. The summed E-state index contributed by atoms with van der Waals surface area (Å²) in [5.74, 6) is 0.000000000000000666. The van der Waals surface area contributed by atoms with Gasteiger partial charge >= 0.3 is 0 Å². The fourth-order valence-electron chi connectivity index (χ4n) is 0.226. The fraction of sp³-hybridized carbons (Fsp3) is 0.250. The van der Waals surface area contributed by atoms with Crippen LogP contribution in [0.5, 0.6) is 0 Å². The molecule has 0 aliphatic carbocycles. The number of amides is 1. The Morgan fingerprint density at radius 2 is 2.29 bits per heavy atom. The molecule has 7 heavy (non-hydrogen) atoms. The first-order chi connectivity index (χ1) is 3.13. The van der Waals surface area contributed by atoms with Gasteiger partial charge in [0.05, 0.1) is 5.82 Å². The van der Waals surface area contributed by atoms with Gasteiger partial charge in [-0.2, -0.15) is 0 Å². The van der Waals surface area contributed by atoms with Crippen molar-refractivity contribution in [1.82, 2.24) is 5.32 Å². The van der Waals surface area contributed by atoms with Gasteiger partial charge in [-0.15, -0.1) is 0 Å². The Kier molecular flexibility index (Phi) is 1.91. The summed E-state index contributed by atoms with van der Waals surface area (Å²) in [7, 11) is 0. The number of nitrogens with one attached hydrogen (secondary N) is 1. The van der Waals surface area contributed by atoms with Crippen molar-refractivity contribution >= 4 is 5.91 Å². The molecule has 0 radical (unpaired) electrons. The van der Waals surface area contributed by atoms with E-state index in [-0.39, 0.29) is 11.7 Å². The summed E-state index contributed by atoms with van der Waals surface area (Å²) < 4.78 is 0. The number of rotatable bonds is 1. The van der Waals surface area contributed by atoms with Crippen molar-refractivity contribution in [3.63, 3.8) is 0 Å². The van der Waals surface area contributed by atoms with Crippen LogP contribution in [0.15, 0.2) is 12.4 Å². The Morgan fingerprint density at radius 3 is 2.29 bits per heavy atom. The second-order valence-corrected chi connectivity index (χ2v) is 1.21. The summed E-state index contributed by atoms with van der Waals surface area (Å²) in [5, 5.41) is 2.25. The highest BCUT2D eigenvalue weighted by atomic mass is 16.1. The van der Waals surface area contributed by atoms with Crippen LogP contribution in [0.1, 0.15) is 6.92 Å². The minimum absolute atomic E-state index is 0.187. The molecule has 1 amide bonds. The lowest BCUT2D eigenvalue weighted by Gasteiger charge is -1.94. The number of hydrogen-bond donors (Lipinski definition) is 2. The molecule has 0 aromatic rings. The summed E-state index contributed by atoms with van der Waals surface area (Å²) in [6.45, 7) is 4.61. The SMILES string of the molecule is C=C(N)NC(C)=O. The van der Waals surface area contributed by atoms with Crippen LogP contribution in [-0.4, -0.2) is 5.91 Å². The Labute approximate surface area is 42.2 Å². The number of nitrogens with two attached hydrogens (primary N) is 1. The van der Waals surface area contributed by atoms with Crippen LogP contribution >= 0.6 is 0 Å². The first kappa shape index (κ1) is 6.01. The van der Waals surface area contributed by atoms with E-state index in [4.69, 9.17) is 5.73 Å². The molecule has 3 nitrogen and oxygen atoms in total. The van der Waals surface area contributed by atoms with Crippen LogP contribution < -0.4 is 11.1 Å². The molecule has 3 N–H and O–H groups in total. The first-order valence-corrected chi connectivity index (χ1v) is 1.85. The van der Waals surface area contributed by atoms with Gasteiger partial charge in [0.25, 0.3) is 0 Å². The molecular formula is C4H8N2O. The fourth-order valence-corrected chi connectivity index (χ4v) is 0.226. The summed E-state index contributed by atoms with van der Waals surface area (Å²) in [4.78, 5) is 10.0. The molecule has 0 aromatic heterocycles. The molecule has 0 rings (SSSR count). The molecule has 0 aromatic carbocycles. The lowest BCUT2D eigenvalue weighted by molar-refractivity contribution is -0.118. The van der Waals surface area contributed by atoms with Crippen LogP contribution in [0, 0.1) is 0 Å². The number of carbonyl (C=O) groups is 1. The van der Waals surface area contributed by atoms with Gasteiger partial charge in [-0.25, -0.2) is 0 Å². The van der Waals surface area contributed by atoms with Gasteiger partial charge in [0, 0.05) is 6.92 Å². The van der Waals surface area contributed by atoms with E-state index in [1.807, 2.05) is 0 Å². The van der Waals surface area contributed by atoms with Gasteiger partial charge < -0.3 is 11.1 Å². The number of carbonyl (C=O) groups excluding carboxylic acids is 1. The molecule has 0 atom stereocenters. The third kappa shape index (κ3) is 5.01. The Hall–Kier alpha value is -0.990. The Balaban J connectivity index is 3.32. The maximum Gasteiger partial charge on any atom is 0.222 e. The first-order valence-electron chi connectivity index (χ1n) is 1.85. The zero-order valence-corrected chi connectivity index (χ0v) is 4.19. The highest BCUT2D eigenvalue weighted by Crippen LogP contribution is 1.64. The average Bonchev–Trinajstić information content (AvgIpc) is 1.27. The highest BCUT2D eigenvalue weighted by Gasteiger charge is 1.85. The molecule has 0 saturated carbocycles. The molecule has 0 unspecified atom stereocenters. The van der Waals surface area contributed by atoms with Gasteiger partial charge in [0.15, 0.2) is 0 Å². The normalized spacial score (nSPS) is 7.57. The van der Waals surface area contributed by atoms with Crippen molar-refractivity contribution in [1.29, 1.82) is 0 Å². The molecule has 0 bridgehead atoms. The Morgan fingerprint density at radius 1 is 1.86 bits per heavy atom. The zero-order valence-electron chi connectivity index (χ0n) is 4.19. The molecule has 0 heterocycles. The van der Waals surface area contributed by atoms with Crippen molar-refractivity contribution in [3.8, 4) is 0 Å². The van der Waals surface area contributed by atoms with Gasteiger partial charge in [0.2, 0.25) is 5.91 Å². The summed E-state index contributed by atoms with van der Waals surface area (Å²) in [5.41, 5.74) is 4.97. The van der Waals surface area contributed by atoms with Crippen molar-refractivity contribution in [3.05, 3.63) is 12.4 Å². The van der Waals surface area contributed by atoms with Crippen LogP contribution in [0.25, 0.3) is 0 Å². The Bertz CT molecular complexity index is 85.9. The second-order valence-electron chi connectivity index (χ2n) is 1.21. The zero-order chi connectivity index (χ0) is 5.86. The molecule has 0 saturated heterocycles. The molecule has 0 spiro atoms. The predicted molar refractivity (Wildman–Crippen MR) is 27.1 cm³/mol. The molecule has 3 heteroatoms. The van der Waals surface area contributed by atoms with Crippen molar-refractivity contribution in [2.24, 2.45) is 5.73 Å². The van der Waals surface area contributed by atoms with Crippen LogP contribution in [0.2, 0.25) is 0 Å². The van der Waals surface area contributed by atoms with Crippen molar-refractivity contribution < 1.29 is 4.79 Å². The maximum absolute atomic E-state index is 10.0. The van der Waals surface area contributed by atoms with Crippen LogP contribution in [-0.2, 0) is 4.79 Å². The lowest BCUT2D eigenvalue weighted by atomic mass is 10.7. The van der Waals surface area contributed by atoms with Gasteiger partial charge in [0.1, 0.15) is 0 Å². The third-order valence-electron chi connectivity index (χ3n) is 0.337. The van der Waals surface area contributed by atoms with Gasteiger partial charge in [-0.05, 0) is 0 Å². The molecular weight excluding hydrogens is 92.1 g/mol. The third-order valence-corrected chi connectivity index (χ3v) is 0.337. The quantitative estimate of drug-likeness (QED) is 0.469. The van der Waals surface area contributed by atoms with Crippen molar-refractivity contribution in [2.75, 3.05) is 0 Å². The van der Waals surface area contributed by atoms with Crippen LogP contribution in [0.3, 0.4) is 0 Å². The molecule has 0 aliphatic rings. The van der Waals surface area contributed by atoms with Gasteiger partial charge in [-0.3, -0.25) is 4.79 Å². The highest BCUT2D eigenvalue weighted by molar-refractivity contribution is 5.74. The summed E-state index contributed by atoms with van der Waals surface area (Å²) in [6.07, 6.45) is 0. The van der Waals surface area contributed by atoms with E-state index in [0.29, 0.717) is 0 Å². The lowest BCUT2D eigenvalue weighted by Crippen LogP contribution is -2.23. The minimum atomic E-state index is -0.187. The minimum Gasteiger partial charge on any atom is -0.386 e. The van der Waals surface area contributed by atoms with E-state index in [1.165, 1.54) is 6.92 Å². The number of hydrogen-bond acceptors (Lipinski definition) is 2. The summed E-state index contributed by atoms with van der Waals surface area (Å²) in [6, 6.07) is 0. The average molecular weight is 100 g/mol. The van der Waals surface area contributed by atoms with E-state index in [2.05, 4.69) is 11.9 Å². The molecule has 0 aliphatic heterocycles. The van der Waals surface area contributed by atoms with E-state index in [9.17, 15) is 4.79 Å². The van der Waals surface area contributed by atoms with Gasteiger partial charge in [-0.1, -0.05) is 6.58 Å². The maximum atomic E-state index is 10.0. The topological polar surface area (TPSA) is 55.1 Å².